The van der Waals surface area contributed by atoms with Gasteiger partial charge < -0.3 is 10.4 Å². The largest absolute Gasteiger partial charge is 0.480 e. The molecule has 2 rings (SSSR count). The summed E-state index contributed by atoms with van der Waals surface area (Å²) in [5.41, 5.74) is 0.781. The van der Waals surface area contributed by atoms with Crippen LogP contribution in [0.3, 0.4) is 0 Å². The van der Waals surface area contributed by atoms with Gasteiger partial charge in [0.2, 0.25) is 5.91 Å². The predicted octanol–water partition coefficient (Wildman–Crippen LogP) is 0.138. The van der Waals surface area contributed by atoms with E-state index in [4.69, 9.17) is 5.11 Å². The normalized spacial score (nSPS) is 24.9. The van der Waals surface area contributed by atoms with E-state index in [2.05, 4.69) is 10.3 Å². The minimum absolute atomic E-state index is 0.211. The maximum atomic E-state index is 11.1. The fourth-order valence-electron chi connectivity index (χ4n) is 1.79. The highest BCUT2D eigenvalue weighted by molar-refractivity contribution is 5.89. The SMILES string of the molecule is O=C1CC(c2cccnc2)C(C(=O)O)N1. The quantitative estimate of drug-likeness (QED) is 0.721. The van der Waals surface area contributed by atoms with Gasteiger partial charge in [-0.15, -0.1) is 0 Å². The summed E-state index contributed by atoms with van der Waals surface area (Å²) in [5.74, 6) is -1.55. The van der Waals surface area contributed by atoms with Crippen LogP contribution in [0.25, 0.3) is 0 Å². The van der Waals surface area contributed by atoms with Crippen LogP contribution in [0.1, 0.15) is 17.9 Å². The number of nitrogens with one attached hydrogen (secondary N) is 1. The van der Waals surface area contributed by atoms with Crippen molar-refractivity contribution in [3.63, 3.8) is 0 Å². The summed E-state index contributed by atoms with van der Waals surface area (Å²) in [7, 11) is 0. The molecular weight excluding hydrogens is 196 g/mol. The lowest BCUT2D eigenvalue weighted by Gasteiger charge is -2.13. The Morgan fingerprint density at radius 2 is 2.40 bits per heavy atom. The van der Waals surface area contributed by atoms with E-state index in [0.29, 0.717) is 0 Å². The number of aromatic nitrogens is 1. The number of carboxylic acid groups (broad SMARTS) is 1. The number of hydrogen-bond acceptors (Lipinski definition) is 3. The van der Waals surface area contributed by atoms with Crippen molar-refractivity contribution in [1.82, 2.24) is 10.3 Å². The highest BCUT2D eigenvalue weighted by atomic mass is 16.4. The summed E-state index contributed by atoms with van der Waals surface area (Å²) in [6, 6.07) is 2.69. The molecule has 2 N–H and O–H groups in total. The molecule has 1 aromatic rings. The standard InChI is InChI=1S/C10H10N2O3/c13-8-4-7(9(12-8)10(14)15)6-2-1-3-11-5-6/h1-3,5,7,9H,4H2,(H,12,13)(H,14,15). The van der Waals surface area contributed by atoms with Gasteiger partial charge in [-0.3, -0.25) is 9.78 Å². The van der Waals surface area contributed by atoms with Crippen molar-refractivity contribution < 1.29 is 14.7 Å². The maximum Gasteiger partial charge on any atom is 0.326 e. The third-order valence-electron chi connectivity index (χ3n) is 2.50. The van der Waals surface area contributed by atoms with Crippen molar-refractivity contribution in [2.24, 2.45) is 0 Å². The fourth-order valence-corrected chi connectivity index (χ4v) is 1.79. The Balaban J connectivity index is 2.28. The maximum absolute atomic E-state index is 11.1. The minimum Gasteiger partial charge on any atom is -0.480 e. The molecule has 1 aliphatic rings. The summed E-state index contributed by atoms with van der Waals surface area (Å²) in [6.07, 6.45) is 3.42. The number of hydrogen-bond donors (Lipinski definition) is 2. The van der Waals surface area contributed by atoms with Crippen LogP contribution in [0, 0.1) is 0 Å². The molecule has 78 valence electrons. The molecule has 1 amide bonds. The Kier molecular flexibility index (Phi) is 2.37. The number of aliphatic carboxylic acids is 1. The smallest absolute Gasteiger partial charge is 0.326 e. The Labute approximate surface area is 86.1 Å². The van der Waals surface area contributed by atoms with E-state index in [1.165, 1.54) is 0 Å². The molecule has 2 heterocycles. The molecule has 2 unspecified atom stereocenters. The van der Waals surface area contributed by atoms with Crippen LogP contribution >= 0.6 is 0 Å². The Hall–Kier alpha value is -1.91. The van der Waals surface area contributed by atoms with Crippen molar-refractivity contribution in [3.8, 4) is 0 Å². The molecule has 5 heteroatoms. The summed E-state index contributed by atoms with van der Waals surface area (Å²) < 4.78 is 0. The highest BCUT2D eigenvalue weighted by Crippen LogP contribution is 2.27. The lowest BCUT2D eigenvalue weighted by molar-refractivity contribution is -0.140. The number of carbonyl (C=O) groups is 2. The molecule has 1 aliphatic heterocycles. The van der Waals surface area contributed by atoms with Gasteiger partial charge in [-0.2, -0.15) is 0 Å². The number of carbonyl (C=O) groups excluding carboxylic acids is 1. The van der Waals surface area contributed by atoms with E-state index in [-0.39, 0.29) is 18.2 Å². The first-order valence-electron chi connectivity index (χ1n) is 4.60. The van der Waals surface area contributed by atoms with Crippen LogP contribution in [0.5, 0.6) is 0 Å². The van der Waals surface area contributed by atoms with E-state index >= 15 is 0 Å². The van der Waals surface area contributed by atoms with Crippen LogP contribution in [-0.2, 0) is 9.59 Å². The van der Waals surface area contributed by atoms with Gasteiger partial charge in [0.25, 0.3) is 0 Å². The van der Waals surface area contributed by atoms with Crippen molar-refractivity contribution in [1.29, 1.82) is 0 Å². The minimum atomic E-state index is -1.00. The highest BCUT2D eigenvalue weighted by Gasteiger charge is 2.38. The van der Waals surface area contributed by atoms with Crippen LogP contribution in [-0.4, -0.2) is 28.0 Å². The summed E-state index contributed by atoms with van der Waals surface area (Å²) in [4.78, 5) is 26.0. The van der Waals surface area contributed by atoms with Gasteiger partial charge in [-0.25, -0.2) is 4.79 Å². The molecule has 0 radical (unpaired) electrons. The average molecular weight is 206 g/mol. The topological polar surface area (TPSA) is 79.3 Å². The van der Waals surface area contributed by atoms with Gasteiger partial charge in [-0.1, -0.05) is 6.07 Å². The number of rotatable bonds is 2. The van der Waals surface area contributed by atoms with Gasteiger partial charge in [-0.05, 0) is 11.6 Å². The predicted molar refractivity (Wildman–Crippen MR) is 51.2 cm³/mol. The second-order valence-corrected chi connectivity index (χ2v) is 3.48. The summed E-state index contributed by atoms with van der Waals surface area (Å²) >= 11 is 0. The zero-order valence-electron chi connectivity index (χ0n) is 7.88. The van der Waals surface area contributed by atoms with Crippen molar-refractivity contribution >= 4 is 11.9 Å². The second-order valence-electron chi connectivity index (χ2n) is 3.48. The van der Waals surface area contributed by atoms with Gasteiger partial charge in [0.15, 0.2) is 0 Å². The zero-order chi connectivity index (χ0) is 10.8. The van der Waals surface area contributed by atoms with E-state index < -0.39 is 12.0 Å². The monoisotopic (exact) mass is 206 g/mol. The van der Waals surface area contributed by atoms with E-state index in [1.54, 1.807) is 24.5 Å². The first-order chi connectivity index (χ1) is 7.18. The molecule has 0 saturated carbocycles. The van der Waals surface area contributed by atoms with Gasteiger partial charge >= 0.3 is 5.97 Å². The van der Waals surface area contributed by atoms with Crippen LogP contribution < -0.4 is 5.32 Å². The molecule has 15 heavy (non-hydrogen) atoms. The molecule has 0 bridgehead atoms. The second kappa shape index (κ2) is 3.68. The Morgan fingerprint density at radius 3 is 3.00 bits per heavy atom. The molecule has 1 saturated heterocycles. The molecule has 1 fully saturated rings. The molecule has 0 spiro atoms. The molecule has 2 atom stereocenters. The van der Waals surface area contributed by atoms with Crippen LogP contribution in [0.2, 0.25) is 0 Å². The number of nitrogens with zero attached hydrogens (tertiary/aromatic N) is 1. The third kappa shape index (κ3) is 1.81. The molecule has 0 aromatic carbocycles. The van der Waals surface area contributed by atoms with Crippen LogP contribution in [0.15, 0.2) is 24.5 Å². The number of amides is 1. The fraction of sp³-hybridized carbons (Fsp3) is 0.300. The van der Waals surface area contributed by atoms with E-state index in [1.807, 2.05) is 0 Å². The summed E-state index contributed by atoms with van der Waals surface area (Å²) in [6.45, 7) is 0. The van der Waals surface area contributed by atoms with Crippen molar-refractivity contribution in [2.75, 3.05) is 0 Å². The third-order valence-corrected chi connectivity index (χ3v) is 2.50. The molecule has 0 aliphatic carbocycles. The Bertz CT molecular complexity index is 391. The molecule has 1 aromatic heterocycles. The summed E-state index contributed by atoms with van der Waals surface area (Å²) in [5, 5.41) is 11.4. The number of pyridine rings is 1. The molecule has 5 nitrogen and oxygen atoms in total. The Morgan fingerprint density at radius 1 is 1.60 bits per heavy atom. The van der Waals surface area contributed by atoms with Crippen molar-refractivity contribution in [2.45, 2.75) is 18.4 Å². The average Bonchev–Trinajstić information content (AvgIpc) is 2.62. The van der Waals surface area contributed by atoms with Crippen molar-refractivity contribution in [3.05, 3.63) is 30.1 Å². The van der Waals surface area contributed by atoms with Gasteiger partial charge in [0, 0.05) is 24.7 Å². The van der Waals surface area contributed by atoms with Gasteiger partial charge in [0.05, 0.1) is 0 Å². The first-order valence-corrected chi connectivity index (χ1v) is 4.60. The number of carboxylic acids is 1. The lowest BCUT2D eigenvalue weighted by atomic mass is 9.93. The molecular formula is C10H10N2O3. The lowest BCUT2D eigenvalue weighted by Crippen LogP contribution is -2.36. The van der Waals surface area contributed by atoms with E-state index in [0.717, 1.165) is 5.56 Å². The van der Waals surface area contributed by atoms with Crippen LogP contribution in [0.4, 0.5) is 0 Å². The van der Waals surface area contributed by atoms with E-state index in [9.17, 15) is 9.59 Å². The zero-order valence-corrected chi connectivity index (χ0v) is 7.88. The van der Waals surface area contributed by atoms with Gasteiger partial charge in [0.1, 0.15) is 6.04 Å². The first kappa shape index (κ1) is 9.64.